The first-order valence-corrected chi connectivity index (χ1v) is 6.03. The van der Waals surface area contributed by atoms with Crippen molar-refractivity contribution in [3.63, 3.8) is 0 Å². The van der Waals surface area contributed by atoms with Gasteiger partial charge in [-0.15, -0.1) is 0 Å². The molecule has 0 saturated carbocycles. The van der Waals surface area contributed by atoms with Crippen LogP contribution in [-0.2, 0) is 4.74 Å². The Bertz CT molecular complexity index is 174. The van der Waals surface area contributed by atoms with Gasteiger partial charge in [0, 0.05) is 19.8 Å². The molecule has 1 fully saturated rings. The van der Waals surface area contributed by atoms with Crippen molar-refractivity contribution in [3.05, 3.63) is 0 Å². The second-order valence-corrected chi connectivity index (χ2v) is 5.21. The quantitative estimate of drug-likeness (QED) is 0.658. The fourth-order valence-electron chi connectivity index (χ4n) is 1.66. The lowest BCUT2D eigenvalue weighted by atomic mass is 9.92. The van der Waals surface area contributed by atoms with Gasteiger partial charge in [0.25, 0.3) is 0 Å². The second kappa shape index (κ2) is 5.83. The number of hydrogen-bond donors (Lipinski definition) is 2. The number of aliphatic hydroxyl groups is 1. The Morgan fingerprint density at radius 2 is 2.27 bits per heavy atom. The van der Waals surface area contributed by atoms with E-state index in [1.165, 1.54) is 6.42 Å². The van der Waals surface area contributed by atoms with Gasteiger partial charge in [0.05, 0.1) is 5.60 Å². The molecule has 3 nitrogen and oxygen atoms in total. The van der Waals surface area contributed by atoms with Crippen LogP contribution in [0, 0.1) is 11.8 Å². The fraction of sp³-hybridized carbons (Fsp3) is 1.00. The van der Waals surface area contributed by atoms with Crippen LogP contribution < -0.4 is 5.32 Å². The molecule has 1 aliphatic heterocycles. The van der Waals surface area contributed by atoms with E-state index in [-0.39, 0.29) is 0 Å². The van der Waals surface area contributed by atoms with Crippen LogP contribution in [-0.4, -0.2) is 37.0 Å². The van der Waals surface area contributed by atoms with Crippen molar-refractivity contribution < 1.29 is 9.84 Å². The van der Waals surface area contributed by atoms with Crippen LogP contribution in [0.4, 0.5) is 0 Å². The highest BCUT2D eigenvalue weighted by atomic mass is 16.5. The molecule has 0 aromatic carbocycles. The molecular weight excluding hydrogens is 190 g/mol. The summed E-state index contributed by atoms with van der Waals surface area (Å²) in [7, 11) is 0. The van der Waals surface area contributed by atoms with Gasteiger partial charge in [-0.05, 0) is 38.1 Å². The molecule has 1 saturated heterocycles. The van der Waals surface area contributed by atoms with Gasteiger partial charge in [-0.25, -0.2) is 0 Å². The third-order valence-corrected chi connectivity index (χ3v) is 3.48. The van der Waals surface area contributed by atoms with Crippen molar-refractivity contribution in [2.75, 3.05) is 26.3 Å². The highest BCUT2D eigenvalue weighted by Gasteiger charge is 2.24. The summed E-state index contributed by atoms with van der Waals surface area (Å²) in [6, 6.07) is 0. The lowest BCUT2D eigenvalue weighted by Crippen LogP contribution is -2.42. The minimum absolute atomic E-state index is 0.291. The highest BCUT2D eigenvalue weighted by Crippen LogP contribution is 2.16. The lowest BCUT2D eigenvalue weighted by Gasteiger charge is -2.28. The van der Waals surface area contributed by atoms with Crippen LogP contribution in [0.2, 0.25) is 0 Å². The molecule has 1 aliphatic rings. The third-order valence-electron chi connectivity index (χ3n) is 3.48. The maximum absolute atomic E-state index is 10.00. The van der Waals surface area contributed by atoms with E-state index in [0.29, 0.717) is 12.5 Å². The van der Waals surface area contributed by atoms with Crippen molar-refractivity contribution >= 4 is 0 Å². The molecular formula is C12H25NO2. The average molecular weight is 215 g/mol. The molecule has 3 heteroatoms. The zero-order valence-corrected chi connectivity index (χ0v) is 10.3. The summed E-state index contributed by atoms with van der Waals surface area (Å²) in [5.74, 6) is 1.02. The van der Waals surface area contributed by atoms with Crippen LogP contribution in [0.25, 0.3) is 0 Å². The van der Waals surface area contributed by atoms with Gasteiger partial charge in [-0.3, -0.25) is 0 Å². The summed E-state index contributed by atoms with van der Waals surface area (Å²) in [6.45, 7) is 9.49. The Labute approximate surface area is 93.2 Å². The third kappa shape index (κ3) is 4.49. The van der Waals surface area contributed by atoms with E-state index < -0.39 is 5.60 Å². The molecule has 0 amide bonds. The summed E-state index contributed by atoms with van der Waals surface area (Å²) in [6.07, 6.45) is 2.36. The Kier molecular flexibility index (Phi) is 5.03. The van der Waals surface area contributed by atoms with Crippen molar-refractivity contribution in [3.8, 4) is 0 Å². The van der Waals surface area contributed by atoms with E-state index in [9.17, 15) is 5.11 Å². The maximum atomic E-state index is 10.00. The van der Waals surface area contributed by atoms with Gasteiger partial charge in [0.15, 0.2) is 0 Å². The molecule has 0 aromatic rings. The van der Waals surface area contributed by atoms with Crippen LogP contribution in [0.15, 0.2) is 0 Å². The molecule has 2 atom stereocenters. The van der Waals surface area contributed by atoms with Crippen molar-refractivity contribution in [2.45, 2.75) is 39.2 Å². The molecule has 90 valence electrons. The van der Waals surface area contributed by atoms with E-state index in [1.807, 2.05) is 20.8 Å². The molecule has 0 aliphatic carbocycles. The minimum Gasteiger partial charge on any atom is -0.389 e. The lowest BCUT2D eigenvalue weighted by molar-refractivity contribution is 0.0141. The normalized spacial score (nSPS) is 25.8. The summed E-state index contributed by atoms with van der Waals surface area (Å²) < 4.78 is 5.32. The van der Waals surface area contributed by atoms with Gasteiger partial charge >= 0.3 is 0 Å². The van der Waals surface area contributed by atoms with E-state index in [2.05, 4.69) is 5.32 Å². The Morgan fingerprint density at radius 1 is 1.53 bits per heavy atom. The summed E-state index contributed by atoms with van der Waals surface area (Å²) in [5, 5.41) is 13.3. The Morgan fingerprint density at radius 3 is 2.80 bits per heavy atom. The molecule has 1 heterocycles. The van der Waals surface area contributed by atoms with Gasteiger partial charge in [-0.2, -0.15) is 0 Å². The standard InChI is InChI=1S/C12H25NO2/c1-10(2)12(3,14)9-13-6-4-11-5-7-15-8-11/h10-11,13-14H,4-9H2,1-3H3. The zero-order chi connectivity index (χ0) is 11.3. The first kappa shape index (κ1) is 12.9. The predicted octanol–water partition coefficient (Wildman–Crippen LogP) is 1.41. The molecule has 0 bridgehead atoms. The molecule has 0 aromatic heterocycles. The smallest absolute Gasteiger partial charge is 0.0766 e. The van der Waals surface area contributed by atoms with Crippen molar-refractivity contribution in [1.29, 1.82) is 0 Å². The number of nitrogens with one attached hydrogen (secondary N) is 1. The highest BCUT2D eigenvalue weighted by molar-refractivity contribution is 4.79. The largest absolute Gasteiger partial charge is 0.389 e. The fourth-order valence-corrected chi connectivity index (χ4v) is 1.66. The predicted molar refractivity (Wildman–Crippen MR) is 61.9 cm³/mol. The second-order valence-electron chi connectivity index (χ2n) is 5.21. The monoisotopic (exact) mass is 215 g/mol. The zero-order valence-electron chi connectivity index (χ0n) is 10.3. The van der Waals surface area contributed by atoms with Crippen LogP contribution >= 0.6 is 0 Å². The van der Waals surface area contributed by atoms with E-state index >= 15 is 0 Å². The molecule has 15 heavy (non-hydrogen) atoms. The summed E-state index contributed by atoms with van der Waals surface area (Å²) >= 11 is 0. The van der Waals surface area contributed by atoms with Crippen molar-refractivity contribution in [2.24, 2.45) is 11.8 Å². The van der Waals surface area contributed by atoms with Gasteiger partial charge < -0.3 is 15.2 Å². The molecule has 0 spiro atoms. The Hall–Kier alpha value is -0.120. The molecule has 1 rings (SSSR count). The molecule has 2 unspecified atom stereocenters. The maximum Gasteiger partial charge on any atom is 0.0766 e. The Balaban J connectivity index is 2.05. The first-order chi connectivity index (χ1) is 7.02. The van der Waals surface area contributed by atoms with E-state index in [1.54, 1.807) is 0 Å². The number of hydrogen-bond acceptors (Lipinski definition) is 3. The molecule has 2 N–H and O–H groups in total. The van der Waals surface area contributed by atoms with Crippen LogP contribution in [0.5, 0.6) is 0 Å². The minimum atomic E-state index is -0.591. The van der Waals surface area contributed by atoms with E-state index in [0.717, 1.165) is 32.1 Å². The summed E-state index contributed by atoms with van der Waals surface area (Å²) in [4.78, 5) is 0. The van der Waals surface area contributed by atoms with Gasteiger partial charge in [0.1, 0.15) is 0 Å². The van der Waals surface area contributed by atoms with Crippen LogP contribution in [0.3, 0.4) is 0 Å². The number of ether oxygens (including phenoxy) is 1. The topological polar surface area (TPSA) is 41.5 Å². The van der Waals surface area contributed by atoms with Crippen molar-refractivity contribution in [1.82, 2.24) is 5.32 Å². The SMILES string of the molecule is CC(C)C(C)(O)CNCCC1CCOC1. The van der Waals surface area contributed by atoms with Gasteiger partial charge in [0.2, 0.25) is 0 Å². The average Bonchev–Trinajstić information content (AvgIpc) is 2.64. The number of rotatable bonds is 6. The van der Waals surface area contributed by atoms with Gasteiger partial charge in [-0.1, -0.05) is 13.8 Å². The molecule has 0 radical (unpaired) electrons. The van der Waals surface area contributed by atoms with Crippen LogP contribution in [0.1, 0.15) is 33.6 Å². The summed E-state index contributed by atoms with van der Waals surface area (Å²) in [5.41, 5.74) is -0.591. The first-order valence-electron chi connectivity index (χ1n) is 6.03. The van der Waals surface area contributed by atoms with E-state index in [4.69, 9.17) is 4.74 Å².